The Balaban J connectivity index is 0.00000116. The molecule has 0 atom stereocenters. The van der Waals surface area contributed by atoms with Gasteiger partial charge in [-0.05, 0) is 88.2 Å². The fraction of sp³-hybridized carbons (Fsp3) is 0.194. The Kier molecular flexibility index (Phi) is 16.4. The zero-order valence-corrected chi connectivity index (χ0v) is 25.6. The number of aromatic hydroxyl groups is 2. The summed E-state index contributed by atoms with van der Waals surface area (Å²) in [5.41, 5.74) is 5.76. The van der Waals surface area contributed by atoms with E-state index in [9.17, 15) is 10.2 Å². The van der Waals surface area contributed by atoms with Crippen LogP contribution in [-0.4, -0.2) is 45.2 Å². The van der Waals surface area contributed by atoms with Crippen LogP contribution in [0.3, 0.4) is 0 Å². The first-order chi connectivity index (χ1) is 19.7. The molecule has 0 unspecified atom stereocenters. The van der Waals surface area contributed by atoms with E-state index in [-0.39, 0.29) is 28.6 Å². The molecule has 2 heterocycles. The Morgan fingerprint density at radius 1 is 0.628 bits per heavy atom. The van der Waals surface area contributed by atoms with Crippen molar-refractivity contribution in [1.82, 2.24) is 9.97 Å². The molecule has 4 aromatic rings. The molecule has 12 heteroatoms. The molecule has 2 aromatic carbocycles. The number of carbonyl (C=O) groups excluding carboxylic acids is 3. The van der Waals surface area contributed by atoms with E-state index in [1.807, 2.05) is 68.4 Å². The van der Waals surface area contributed by atoms with Crippen molar-refractivity contribution in [3.8, 4) is 51.2 Å². The third-order valence-corrected chi connectivity index (χ3v) is 5.23. The molecule has 43 heavy (non-hydrogen) atoms. The van der Waals surface area contributed by atoms with Gasteiger partial charge in [0.05, 0.1) is 29.9 Å². The number of benzene rings is 2. The van der Waals surface area contributed by atoms with Gasteiger partial charge in [0, 0.05) is 29.0 Å². The molecule has 0 bridgehead atoms. The number of pyridine rings is 2. The van der Waals surface area contributed by atoms with Gasteiger partial charge in [-0.25, -0.2) is 9.97 Å². The second-order valence-corrected chi connectivity index (χ2v) is 8.55. The monoisotopic (exact) mass is 630 g/mol. The Bertz CT molecular complexity index is 1500. The fourth-order valence-corrected chi connectivity index (χ4v) is 3.36. The first-order valence-corrected chi connectivity index (χ1v) is 12.3. The Hall–Kier alpha value is -4.93. The third kappa shape index (κ3) is 12.6. The van der Waals surface area contributed by atoms with Crippen LogP contribution >= 0.6 is 0 Å². The van der Waals surface area contributed by atoms with Gasteiger partial charge in [0.2, 0.25) is 0 Å². The van der Waals surface area contributed by atoms with E-state index in [0.29, 0.717) is 39.7 Å². The van der Waals surface area contributed by atoms with E-state index in [0.717, 1.165) is 31.9 Å². The summed E-state index contributed by atoms with van der Waals surface area (Å²) in [6.07, 6.45) is 0. The number of carbonyl (C=O) groups is 3. The van der Waals surface area contributed by atoms with Gasteiger partial charge >= 0.3 is 17.1 Å². The van der Waals surface area contributed by atoms with Crippen LogP contribution < -0.4 is 20.1 Å². The van der Waals surface area contributed by atoms with Crippen molar-refractivity contribution in [3.63, 3.8) is 0 Å². The maximum absolute atomic E-state index is 10.6. The number of aryl methyl sites for hydroxylation is 1. The van der Waals surface area contributed by atoms with Gasteiger partial charge in [-0.1, -0.05) is 24.3 Å². The molecule has 0 fully saturated rings. The van der Waals surface area contributed by atoms with Crippen molar-refractivity contribution < 1.29 is 61.7 Å². The summed E-state index contributed by atoms with van der Waals surface area (Å²) in [6, 6.07) is 20.4. The number of aromatic nitrogens is 2. The second-order valence-electron chi connectivity index (χ2n) is 8.55. The molecule has 0 saturated heterocycles. The number of aliphatic carboxylic acids is 3. The van der Waals surface area contributed by atoms with Crippen molar-refractivity contribution >= 4 is 17.9 Å². The van der Waals surface area contributed by atoms with E-state index in [2.05, 4.69) is 0 Å². The molecule has 2 aromatic heterocycles. The number of hydrogen-bond acceptors (Lipinski definition) is 11. The summed E-state index contributed by atoms with van der Waals surface area (Å²) in [7, 11) is 1.51. The summed E-state index contributed by atoms with van der Waals surface area (Å²) in [5, 5.41) is 47.7. The first kappa shape index (κ1) is 38.1. The number of phenols is 2. The minimum atomic E-state index is -1.08. The summed E-state index contributed by atoms with van der Waals surface area (Å²) in [6.45, 7) is 6.77. The number of methoxy groups -OCH3 is 1. The average molecular weight is 631 g/mol. The molecular formula is C31H31MnN2O9. The summed E-state index contributed by atoms with van der Waals surface area (Å²) in [4.78, 5) is 36.1. The molecule has 0 aliphatic rings. The van der Waals surface area contributed by atoms with Crippen LogP contribution in [0.25, 0.3) is 33.9 Å². The maximum Gasteiger partial charge on any atom is 3.00 e. The van der Waals surface area contributed by atoms with E-state index in [1.54, 1.807) is 12.1 Å². The van der Waals surface area contributed by atoms with Crippen LogP contribution in [0, 0.1) is 13.8 Å². The minimum Gasteiger partial charge on any atom is -0.550 e. The second kappa shape index (κ2) is 18.5. The van der Waals surface area contributed by atoms with Gasteiger partial charge < -0.3 is 44.7 Å². The van der Waals surface area contributed by atoms with Gasteiger partial charge in [-0.3, -0.25) is 0 Å². The molecule has 2 N–H and O–H groups in total. The topological polar surface area (TPSA) is 196 Å². The van der Waals surface area contributed by atoms with E-state index < -0.39 is 17.9 Å². The number of carboxylic acids is 3. The summed E-state index contributed by atoms with van der Waals surface area (Å²) >= 11 is 0. The number of phenolic OH excluding ortho intramolecular Hbond substituents is 2. The van der Waals surface area contributed by atoms with Crippen molar-refractivity contribution in [2.45, 2.75) is 34.6 Å². The zero-order chi connectivity index (χ0) is 32.0. The number of ether oxygens (including phenoxy) is 1. The number of nitrogens with zero attached hydrogens (tertiary/aromatic N) is 2. The summed E-state index contributed by atoms with van der Waals surface area (Å²) in [5.74, 6) is -2.57. The van der Waals surface area contributed by atoms with Crippen molar-refractivity contribution in [3.05, 3.63) is 77.9 Å². The normalized spacial score (nSPS) is 9.26. The van der Waals surface area contributed by atoms with Crippen LogP contribution in [0.2, 0.25) is 0 Å². The third-order valence-electron chi connectivity index (χ3n) is 5.23. The Morgan fingerprint density at radius 3 is 1.42 bits per heavy atom. The molecule has 11 nitrogen and oxygen atoms in total. The largest absolute Gasteiger partial charge is 3.00 e. The molecular weight excluding hydrogens is 599 g/mol. The van der Waals surface area contributed by atoms with Gasteiger partial charge in [0.15, 0.2) is 11.5 Å². The van der Waals surface area contributed by atoms with Crippen LogP contribution in [0.4, 0.5) is 0 Å². The molecule has 0 radical (unpaired) electrons. The number of carboxylic acid groups (broad SMARTS) is 3. The summed E-state index contributed by atoms with van der Waals surface area (Å²) < 4.78 is 5.20. The quantitative estimate of drug-likeness (QED) is 0.312. The molecule has 4 rings (SSSR count). The van der Waals surface area contributed by atoms with Crippen LogP contribution in [-0.2, 0) is 31.5 Å². The predicted molar refractivity (Wildman–Crippen MR) is 150 cm³/mol. The molecule has 0 amide bonds. The SMILES string of the molecule is CC(=O)[O-].CC(=O)[O-].CC(=O)[O-].COc1cccc(-c2cccc(-c3cccc(-c4ccc(C)c(C)c4O)n3)n2)c1O.[Mn+3]. The Morgan fingerprint density at radius 2 is 1.00 bits per heavy atom. The van der Waals surface area contributed by atoms with E-state index in [4.69, 9.17) is 44.4 Å². The number of para-hydroxylation sites is 1. The van der Waals surface area contributed by atoms with Crippen LogP contribution in [0.1, 0.15) is 31.9 Å². The average Bonchev–Trinajstić information content (AvgIpc) is 2.91. The number of rotatable bonds is 4. The fourth-order valence-electron chi connectivity index (χ4n) is 3.36. The predicted octanol–water partition coefficient (Wildman–Crippen LogP) is 1.78. The zero-order valence-electron chi connectivity index (χ0n) is 24.4. The number of hydrogen-bond donors (Lipinski definition) is 2. The van der Waals surface area contributed by atoms with Gasteiger partial charge in [0.25, 0.3) is 0 Å². The Labute approximate surface area is 260 Å². The van der Waals surface area contributed by atoms with E-state index >= 15 is 0 Å². The van der Waals surface area contributed by atoms with Crippen molar-refractivity contribution in [2.75, 3.05) is 7.11 Å². The smallest absolute Gasteiger partial charge is 0.550 e. The van der Waals surface area contributed by atoms with Gasteiger partial charge in [-0.2, -0.15) is 0 Å². The maximum atomic E-state index is 10.6. The molecule has 0 aliphatic heterocycles. The van der Waals surface area contributed by atoms with Gasteiger partial charge in [-0.15, -0.1) is 0 Å². The standard InChI is InChI=1S/C25H22N2O3.3C2H4O2.Mn/c1-15-13-14-18(24(28)16(15)2)20-9-6-11-22(27-20)21-10-5-8-19(26-21)17-7-4-12-23(30-3)25(17)29;3*1-2(3)4;/h4-14,28-29H,1-3H3;3*1H3,(H,3,4);/q;;;;+3/p-3. The first-order valence-electron chi connectivity index (χ1n) is 12.3. The molecule has 0 saturated carbocycles. The van der Waals surface area contributed by atoms with Crippen LogP contribution in [0.5, 0.6) is 17.2 Å². The van der Waals surface area contributed by atoms with E-state index in [1.165, 1.54) is 7.11 Å². The molecule has 0 spiro atoms. The van der Waals surface area contributed by atoms with Gasteiger partial charge in [0.1, 0.15) is 5.75 Å². The van der Waals surface area contributed by atoms with Crippen molar-refractivity contribution in [1.29, 1.82) is 0 Å². The van der Waals surface area contributed by atoms with Crippen LogP contribution in [0.15, 0.2) is 66.7 Å². The minimum absolute atomic E-state index is 0. The van der Waals surface area contributed by atoms with Crippen molar-refractivity contribution in [2.24, 2.45) is 0 Å². The molecule has 0 aliphatic carbocycles. The molecule has 226 valence electrons.